The summed E-state index contributed by atoms with van der Waals surface area (Å²) in [5, 5.41) is 11.5. The van der Waals surface area contributed by atoms with Crippen LogP contribution in [-0.4, -0.2) is 31.4 Å². The largest absolute Gasteiger partial charge is 0.364 e. The average molecular weight is 321 g/mol. The summed E-state index contributed by atoms with van der Waals surface area (Å²) in [5.74, 6) is 1.15. The Hall–Kier alpha value is -1.65. The lowest BCUT2D eigenvalue weighted by Gasteiger charge is -2.14. The molecule has 1 aliphatic carbocycles. The van der Waals surface area contributed by atoms with Crippen molar-refractivity contribution >= 4 is 15.7 Å². The molecule has 6 heteroatoms. The fourth-order valence-corrected chi connectivity index (χ4v) is 3.90. The average Bonchev–Trinajstić information content (AvgIpc) is 2.73. The third-order valence-corrected chi connectivity index (χ3v) is 4.88. The van der Waals surface area contributed by atoms with E-state index in [9.17, 15) is 8.42 Å². The third-order valence-electron chi connectivity index (χ3n) is 3.87. The Morgan fingerprint density at radius 1 is 1.23 bits per heavy atom. The molecule has 0 fully saturated rings. The van der Waals surface area contributed by atoms with Crippen LogP contribution in [0.2, 0.25) is 0 Å². The summed E-state index contributed by atoms with van der Waals surface area (Å²) in [7, 11) is -3.36. The maximum Gasteiger partial charge on any atom is 0.194 e. The fraction of sp³-hybridized carbons (Fsp3) is 0.562. The molecule has 120 valence electrons. The molecule has 22 heavy (non-hydrogen) atoms. The van der Waals surface area contributed by atoms with E-state index in [2.05, 4.69) is 35.1 Å². The highest BCUT2D eigenvalue weighted by Crippen LogP contribution is 2.46. The number of aromatic nitrogens is 2. The summed E-state index contributed by atoms with van der Waals surface area (Å²) in [6.07, 6.45) is 6.91. The molecule has 2 rings (SSSR count). The van der Waals surface area contributed by atoms with Crippen LogP contribution in [0.5, 0.6) is 0 Å². The molecule has 0 bridgehead atoms. The highest BCUT2D eigenvalue weighted by molar-refractivity contribution is 7.90. The van der Waals surface area contributed by atoms with Gasteiger partial charge in [-0.25, -0.2) is 8.42 Å². The number of fused-ring (bicyclic) bond motifs is 1. The van der Waals surface area contributed by atoms with Crippen LogP contribution < -0.4 is 5.32 Å². The molecule has 5 nitrogen and oxygen atoms in total. The Morgan fingerprint density at radius 3 is 2.55 bits per heavy atom. The van der Waals surface area contributed by atoms with Gasteiger partial charge in [0.05, 0.1) is 0 Å². The summed E-state index contributed by atoms with van der Waals surface area (Å²) in [5.41, 5.74) is 4.90. The Morgan fingerprint density at radius 2 is 1.91 bits per heavy atom. The second kappa shape index (κ2) is 6.63. The van der Waals surface area contributed by atoms with E-state index in [1.807, 2.05) is 19.1 Å². The SMILES string of the molecule is CCC=C=CCNc1nnc(S(C)(=O)=O)c2c1[C@@H](C)C[C@H]2C. The molecule has 0 radical (unpaired) electrons. The van der Waals surface area contributed by atoms with Crippen LogP contribution in [0.15, 0.2) is 22.9 Å². The summed E-state index contributed by atoms with van der Waals surface area (Å²) < 4.78 is 23.9. The van der Waals surface area contributed by atoms with Crippen LogP contribution in [0.3, 0.4) is 0 Å². The maximum atomic E-state index is 11.9. The van der Waals surface area contributed by atoms with Crippen molar-refractivity contribution in [2.45, 2.75) is 50.5 Å². The van der Waals surface area contributed by atoms with E-state index in [4.69, 9.17) is 0 Å². The molecule has 0 unspecified atom stereocenters. The van der Waals surface area contributed by atoms with E-state index in [-0.39, 0.29) is 16.9 Å². The van der Waals surface area contributed by atoms with Gasteiger partial charge in [-0.3, -0.25) is 0 Å². The first-order chi connectivity index (χ1) is 10.4. The van der Waals surface area contributed by atoms with Crippen molar-refractivity contribution in [1.29, 1.82) is 0 Å². The van der Waals surface area contributed by atoms with Gasteiger partial charge in [0.2, 0.25) is 0 Å². The maximum absolute atomic E-state index is 11.9. The van der Waals surface area contributed by atoms with Crippen molar-refractivity contribution in [3.8, 4) is 0 Å². The van der Waals surface area contributed by atoms with Gasteiger partial charge in [0.25, 0.3) is 0 Å². The topological polar surface area (TPSA) is 72.0 Å². The Bertz CT molecular complexity index is 719. The lowest BCUT2D eigenvalue weighted by Crippen LogP contribution is -2.13. The molecule has 0 spiro atoms. The smallest absolute Gasteiger partial charge is 0.194 e. The molecule has 1 aromatic rings. The molecule has 1 aromatic heterocycles. The number of sulfone groups is 1. The zero-order chi connectivity index (χ0) is 16.3. The van der Waals surface area contributed by atoms with Crippen LogP contribution in [0.25, 0.3) is 0 Å². The number of hydrogen-bond acceptors (Lipinski definition) is 5. The van der Waals surface area contributed by atoms with Gasteiger partial charge in [-0.1, -0.05) is 20.8 Å². The standard InChI is InChI=1S/C16H23N3O2S/c1-5-6-7-8-9-17-15-13-11(2)10-12(3)14(13)16(19-18-15)22(4,20)21/h6,8,11-12H,5,9-10H2,1-4H3,(H,17,18)/t7?,11-,12+/m0/s1. The first-order valence-corrected chi connectivity index (χ1v) is 9.49. The van der Waals surface area contributed by atoms with E-state index in [0.717, 1.165) is 24.0 Å². The molecule has 2 atom stereocenters. The molecule has 0 aliphatic heterocycles. The van der Waals surface area contributed by atoms with Gasteiger partial charge in [0.15, 0.2) is 20.7 Å². The Balaban J connectivity index is 2.40. The van der Waals surface area contributed by atoms with Gasteiger partial charge in [-0.2, -0.15) is 0 Å². The van der Waals surface area contributed by atoms with Crippen molar-refractivity contribution < 1.29 is 8.42 Å². The van der Waals surface area contributed by atoms with Crippen molar-refractivity contribution in [2.75, 3.05) is 18.1 Å². The van der Waals surface area contributed by atoms with Gasteiger partial charge in [-0.05, 0) is 36.8 Å². The highest BCUT2D eigenvalue weighted by atomic mass is 32.2. The highest BCUT2D eigenvalue weighted by Gasteiger charge is 2.34. The van der Waals surface area contributed by atoms with E-state index >= 15 is 0 Å². The van der Waals surface area contributed by atoms with Gasteiger partial charge in [0.1, 0.15) is 0 Å². The van der Waals surface area contributed by atoms with E-state index in [0.29, 0.717) is 12.4 Å². The predicted molar refractivity (Wildman–Crippen MR) is 88.0 cm³/mol. The zero-order valence-corrected chi connectivity index (χ0v) is 14.4. The Labute approximate surface area is 132 Å². The minimum atomic E-state index is -3.36. The second-order valence-electron chi connectivity index (χ2n) is 5.86. The molecular formula is C16H23N3O2S. The first-order valence-electron chi connectivity index (χ1n) is 7.60. The van der Waals surface area contributed by atoms with Crippen LogP contribution >= 0.6 is 0 Å². The van der Waals surface area contributed by atoms with Crippen molar-refractivity contribution in [3.05, 3.63) is 29.0 Å². The molecule has 0 amide bonds. The number of rotatable bonds is 5. The fourth-order valence-electron chi connectivity index (χ4n) is 3.00. The van der Waals surface area contributed by atoms with E-state index < -0.39 is 9.84 Å². The first kappa shape index (κ1) is 16.7. The molecule has 0 saturated heterocycles. The molecular weight excluding hydrogens is 298 g/mol. The quantitative estimate of drug-likeness (QED) is 0.844. The predicted octanol–water partition coefficient (Wildman–Crippen LogP) is 3.02. The van der Waals surface area contributed by atoms with E-state index in [1.54, 1.807) is 0 Å². The van der Waals surface area contributed by atoms with Crippen molar-refractivity contribution in [3.63, 3.8) is 0 Å². The summed E-state index contributed by atoms with van der Waals surface area (Å²) in [6, 6.07) is 0. The molecule has 0 aromatic carbocycles. The van der Waals surface area contributed by atoms with Crippen LogP contribution in [0.4, 0.5) is 5.82 Å². The zero-order valence-electron chi connectivity index (χ0n) is 13.5. The monoisotopic (exact) mass is 321 g/mol. The van der Waals surface area contributed by atoms with Gasteiger partial charge >= 0.3 is 0 Å². The summed E-state index contributed by atoms with van der Waals surface area (Å²) in [6.45, 7) is 6.80. The van der Waals surface area contributed by atoms with Crippen molar-refractivity contribution in [2.24, 2.45) is 0 Å². The van der Waals surface area contributed by atoms with Crippen molar-refractivity contribution in [1.82, 2.24) is 10.2 Å². The Kier molecular flexibility index (Phi) is 5.04. The summed E-state index contributed by atoms with van der Waals surface area (Å²) in [4.78, 5) is 0. The lowest BCUT2D eigenvalue weighted by molar-refractivity contribution is 0.591. The number of anilines is 1. The number of nitrogens with zero attached hydrogens (tertiary/aromatic N) is 2. The molecule has 0 saturated carbocycles. The minimum Gasteiger partial charge on any atom is -0.364 e. The second-order valence-corrected chi connectivity index (χ2v) is 7.79. The normalized spacial score (nSPS) is 20.2. The van der Waals surface area contributed by atoms with Crippen LogP contribution in [-0.2, 0) is 9.84 Å². The third kappa shape index (κ3) is 3.39. The van der Waals surface area contributed by atoms with Gasteiger partial charge in [0, 0.05) is 23.9 Å². The molecule has 1 N–H and O–H groups in total. The number of hydrogen-bond donors (Lipinski definition) is 1. The summed E-state index contributed by atoms with van der Waals surface area (Å²) >= 11 is 0. The van der Waals surface area contributed by atoms with Crippen LogP contribution in [0, 0.1) is 0 Å². The van der Waals surface area contributed by atoms with Gasteiger partial charge in [-0.15, -0.1) is 15.9 Å². The lowest BCUT2D eigenvalue weighted by atomic mass is 10.1. The van der Waals surface area contributed by atoms with E-state index in [1.165, 1.54) is 6.26 Å². The number of nitrogens with one attached hydrogen (secondary N) is 1. The molecule has 1 aliphatic rings. The molecule has 1 heterocycles. The minimum absolute atomic E-state index is 0.131. The van der Waals surface area contributed by atoms with Gasteiger partial charge < -0.3 is 5.32 Å². The van der Waals surface area contributed by atoms with Crippen LogP contribution in [0.1, 0.15) is 56.6 Å².